The number of nitrogens with zero attached hydrogens (tertiary/aromatic N) is 1. The molecule has 23 heavy (non-hydrogen) atoms. The zero-order valence-corrected chi connectivity index (χ0v) is 14.3. The van der Waals surface area contributed by atoms with Crippen LogP contribution >= 0.6 is 11.8 Å². The molecule has 2 aromatic carbocycles. The molecule has 0 saturated heterocycles. The summed E-state index contributed by atoms with van der Waals surface area (Å²) in [7, 11) is 0. The second-order valence-electron chi connectivity index (χ2n) is 5.66. The first-order valence-corrected chi connectivity index (χ1v) is 9.11. The number of hydrogen-bond acceptors (Lipinski definition) is 3. The predicted octanol–water partition coefficient (Wildman–Crippen LogP) is 4.16. The molecule has 120 valence electrons. The van der Waals surface area contributed by atoms with Crippen molar-refractivity contribution >= 4 is 23.4 Å². The van der Waals surface area contributed by atoms with Gasteiger partial charge < -0.3 is 9.64 Å². The number of thioether (sulfide) groups is 1. The third-order valence-electron chi connectivity index (χ3n) is 4.10. The number of fused-ring (bicyclic) bond motifs is 1. The normalized spacial score (nSPS) is 15.0. The number of para-hydroxylation sites is 1. The van der Waals surface area contributed by atoms with Crippen LogP contribution in [0.4, 0.5) is 5.69 Å². The molecule has 2 aromatic rings. The highest BCUT2D eigenvalue weighted by molar-refractivity contribution is 7.98. The maximum Gasteiger partial charge on any atom is 0.267 e. The zero-order valence-electron chi connectivity index (χ0n) is 13.5. The van der Waals surface area contributed by atoms with Gasteiger partial charge in [-0.3, -0.25) is 4.79 Å². The summed E-state index contributed by atoms with van der Waals surface area (Å²) in [6.45, 7) is 2.58. The van der Waals surface area contributed by atoms with Crippen LogP contribution in [-0.2, 0) is 11.2 Å². The molecule has 1 aliphatic rings. The number of benzene rings is 2. The lowest BCUT2D eigenvalue weighted by atomic mass is 10.0. The van der Waals surface area contributed by atoms with Gasteiger partial charge in [-0.2, -0.15) is 0 Å². The minimum absolute atomic E-state index is 0.0195. The first-order valence-electron chi connectivity index (χ1n) is 7.89. The quantitative estimate of drug-likeness (QED) is 0.790. The third-order valence-corrected chi connectivity index (χ3v) is 4.84. The first-order chi connectivity index (χ1) is 11.2. The van der Waals surface area contributed by atoms with Crippen LogP contribution in [0.15, 0.2) is 53.4 Å². The van der Waals surface area contributed by atoms with Crippen LogP contribution in [0.25, 0.3) is 0 Å². The van der Waals surface area contributed by atoms with E-state index in [1.165, 1.54) is 10.5 Å². The molecular formula is C19H21NO2S. The second kappa shape index (κ2) is 7.09. The zero-order chi connectivity index (χ0) is 16.2. The molecule has 0 N–H and O–H groups in total. The van der Waals surface area contributed by atoms with Gasteiger partial charge in [-0.15, -0.1) is 11.8 Å². The topological polar surface area (TPSA) is 29.5 Å². The number of carbonyl (C=O) groups excluding carboxylic acids is 1. The lowest BCUT2D eigenvalue weighted by Gasteiger charge is -2.31. The number of hydrogen-bond donors (Lipinski definition) is 0. The average Bonchev–Trinajstić information content (AvgIpc) is 2.61. The van der Waals surface area contributed by atoms with E-state index in [4.69, 9.17) is 4.74 Å². The number of anilines is 1. The molecular weight excluding hydrogens is 306 g/mol. The molecule has 0 bridgehead atoms. The van der Waals surface area contributed by atoms with E-state index in [1.807, 2.05) is 60.5 Å². The van der Waals surface area contributed by atoms with E-state index in [-0.39, 0.29) is 5.91 Å². The molecule has 0 fully saturated rings. The molecule has 0 radical (unpaired) electrons. The van der Waals surface area contributed by atoms with E-state index >= 15 is 0 Å². The number of aryl methyl sites for hydroxylation is 1. The molecule has 0 aromatic heterocycles. The summed E-state index contributed by atoms with van der Waals surface area (Å²) in [5, 5.41) is 0. The van der Waals surface area contributed by atoms with Crippen LogP contribution in [0, 0.1) is 0 Å². The van der Waals surface area contributed by atoms with E-state index in [0.717, 1.165) is 30.8 Å². The fraction of sp³-hybridized carbons (Fsp3) is 0.316. The van der Waals surface area contributed by atoms with Gasteiger partial charge in [0, 0.05) is 17.1 Å². The van der Waals surface area contributed by atoms with Gasteiger partial charge in [0.15, 0.2) is 6.10 Å². The van der Waals surface area contributed by atoms with E-state index < -0.39 is 6.10 Å². The number of carbonyl (C=O) groups is 1. The van der Waals surface area contributed by atoms with Gasteiger partial charge in [-0.25, -0.2) is 0 Å². The predicted molar refractivity (Wildman–Crippen MR) is 95.4 cm³/mol. The summed E-state index contributed by atoms with van der Waals surface area (Å²) in [5.41, 5.74) is 2.26. The van der Waals surface area contributed by atoms with Gasteiger partial charge in [0.2, 0.25) is 0 Å². The molecule has 0 aliphatic carbocycles. The lowest BCUT2D eigenvalue weighted by Crippen LogP contribution is -2.43. The van der Waals surface area contributed by atoms with Crippen molar-refractivity contribution in [1.82, 2.24) is 0 Å². The molecule has 3 nitrogen and oxygen atoms in total. The Balaban J connectivity index is 1.72. The van der Waals surface area contributed by atoms with Crippen LogP contribution in [0.5, 0.6) is 5.75 Å². The number of amides is 1. The van der Waals surface area contributed by atoms with Gasteiger partial charge in [-0.05, 0) is 61.9 Å². The fourth-order valence-corrected chi connectivity index (χ4v) is 3.30. The van der Waals surface area contributed by atoms with E-state index in [9.17, 15) is 4.79 Å². The summed E-state index contributed by atoms with van der Waals surface area (Å²) in [6.07, 6.45) is 3.57. The molecule has 0 spiro atoms. The minimum atomic E-state index is -0.499. The van der Waals surface area contributed by atoms with Crippen molar-refractivity contribution in [2.24, 2.45) is 0 Å². The van der Waals surface area contributed by atoms with E-state index in [1.54, 1.807) is 11.8 Å². The molecule has 3 rings (SSSR count). The Morgan fingerprint density at radius 3 is 2.65 bits per heavy atom. The van der Waals surface area contributed by atoms with Crippen molar-refractivity contribution < 1.29 is 9.53 Å². The fourth-order valence-electron chi connectivity index (χ4n) is 2.89. The number of rotatable bonds is 4. The Hall–Kier alpha value is -1.94. The molecule has 1 amide bonds. The maximum atomic E-state index is 12.8. The first kappa shape index (κ1) is 15.9. The van der Waals surface area contributed by atoms with Crippen LogP contribution in [0.1, 0.15) is 18.9 Å². The summed E-state index contributed by atoms with van der Waals surface area (Å²) in [4.78, 5) is 15.8. The van der Waals surface area contributed by atoms with Crippen molar-refractivity contribution in [3.8, 4) is 5.75 Å². The smallest absolute Gasteiger partial charge is 0.267 e. The van der Waals surface area contributed by atoms with Crippen molar-refractivity contribution in [3.63, 3.8) is 0 Å². The highest BCUT2D eigenvalue weighted by Gasteiger charge is 2.27. The van der Waals surface area contributed by atoms with Gasteiger partial charge >= 0.3 is 0 Å². The third kappa shape index (κ3) is 3.53. The van der Waals surface area contributed by atoms with Crippen LogP contribution in [0.3, 0.4) is 0 Å². The molecule has 1 heterocycles. The summed E-state index contributed by atoms with van der Waals surface area (Å²) in [6, 6.07) is 16.0. The maximum absolute atomic E-state index is 12.8. The SMILES string of the molecule is CSc1ccc(OC(C)C(=O)N2CCCc3ccccc32)cc1. The summed E-state index contributed by atoms with van der Waals surface area (Å²) < 4.78 is 5.84. The highest BCUT2D eigenvalue weighted by Crippen LogP contribution is 2.28. The molecule has 1 aliphatic heterocycles. The molecule has 0 saturated carbocycles. The Kier molecular flexibility index (Phi) is 4.91. The highest BCUT2D eigenvalue weighted by atomic mass is 32.2. The molecule has 1 atom stereocenters. The minimum Gasteiger partial charge on any atom is -0.481 e. The van der Waals surface area contributed by atoms with E-state index in [2.05, 4.69) is 6.07 Å². The number of ether oxygens (including phenoxy) is 1. The van der Waals surface area contributed by atoms with Gasteiger partial charge in [0.25, 0.3) is 5.91 Å². The van der Waals surface area contributed by atoms with Crippen molar-refractivity contribution in [2.45, 2.75) is 30.8 Å². The van der Waals surface area contributed by atoms with Crippen molar-refractivity contribution in [1.29, 1.82) is 0 Å². The Morgan fingerprint density at radius 1 is 1.17 bits per heavy atom. The van der Waals surface area contributed by atoms with Gasteiger partial charge in [-0.1, -0.05) is 18.2 Å². The Labute approximate surface area is 141 Å². The molecule has 1 unspecified atom stereocenters. The van der Waals surface area contributed by atoms with Gasteiger partial charge in [0.05, 0.1) is 0 Å². The largest absolute Gasteiger partial charge is 0.481 e. The standard InChI is InChI=1S/C19H21NO2S/c1-14(22-16-9-11-17(23-2)12-10-16)19(21)20-13-5-7-15-6-3-4-8-18(15)20/h3-4,6,8-12,14H,5,7,13H2,1-2H3. The average molecular weight is 327 g/mol. The Bertz CT molecular complexity index is 684. The molecule has 4 heteroatoms. The van der Waals surface area contributed by atoms with Crippen LogP contribution in [0.2, 0.25) is 0 Å². The Morgan fingerprint density at radius 2 is 1.91 bits per heavy atom. The second-order valence-corrected chi connectivity index (χ2v) is 6.54. The van der Waals surface area contributed by atoms with Crippen LogP contribution < -0.4 is 9.64 Å². The van der Waals surface area contributed by atoms with Gasteiger partial charge in [0.1, 0.15) is 5.75 Å². The lowest BCUT2D eigenvalue weighted by molar-refractivity contribution is -0.124. The van der Waals surface area contributed by atoms with Crippen LogP contribution in [-0.4, -0.2) is 24.8 Å². The monoisotopic (exact) mass is 327 g/mol. The van der Waals surface area contributed by atoms with Crippen molar-refractivity contribution in [3.05, 3.63) is 54.1 Å². The summed E-state index contributed by atoms with van der Waals surface area (Å²) >= 11 is 1.69. The summed E-state index contributed by atoms with van der Waals surface area (Å²) in [5.74, 6) is 0.750. The van der Waals surface area contributed by atoms with E-state index in [0.29, 0.717) is 0 Å². The van der Waals surface area contributed by atoms with Crippen molar-refractivity contribution in [2.75, 3.05) is 17.7 Å².